The van der Waals surface area contributed by atoms with Gasteiger partial charge in [-0.25, -0.2) is 9.82 Å². The van der Waals surface area contributed by atoms with Gasteiger partial charge >= 0.3 is 0 Å². The third-order valence-electron chi connectivity index (χ3n) is 3.45. The number of carbonyl (C=O) groups excluding carboxylic acids is 1. The summed E-state index contributed by atoms with van der Waals surface area (Å²) in [7, 11) is 0. The Balaban J connectivity index is 2.00. The molecule has 1 aromatic carbocycles. The lowest BCUT2D eigenvalue weighted by molar-refractivity contribution is -0.117. The average Bonchev–Trinajstić information content (AvgIpc) is 2.82. The molecular weight excluding hydrogens is 281 g/mol. The summed E-state index contributed by atoms with van der Waals surface area (Å²) in [5, 5.41) is 2.90. The van der Waals surface area contributed by atoms with Crippen LogP contribution < -0.4 is 16.2 Å². The number of amides is 1. The SMILES string of the molecule is CC(C)(C)C1CC(C(=O)Nc2ccc(F)cc2Cl)NN1. The number of anilines is 1. The standard InChI is InChI=1S/C14H19ClFN3O/c1-14(2,3)12-7-11(18-19-12)13(20)17-10-5-4-8(16)6-9(10)15/h4-6,11-12,18-19H,7H2,1-3H3,(H,17,20). The van der Waals surface area contributed by atoms with E-state index in [1.807, 2.05) is 0 Å². The molecule has 20 heavy (non-hydrogen) atoms. The fraction of sp³-hybridized carbons (Fsp3) is 0.500. The van der Waals surface area contributed by atoms with Gasteiger partial charge in [0.05, 0.1) is 10.7 Å². The van der Waals surface area contributed by atoms with E-state index in [2.05, 4.69) is 36.9 Å². The second kappa shape index (κ2) is 5.68. The first-order chi connectivity index (χ1) is 9.27. The van der Waals surface area contributed by atoms with E-state index in [-0.39, 0.29) is 28.4 Å². The minimum absolute atomic E-state index is 0.0650. The van der Waals surface area contributed by atoms with Gasteiger partial charge < -0.3 is 5.32 Å². The van der Waals surface area contributed by atoms with Crippen LogP contribution in [0, 0.1) is 11.2 Å². The Labute approximate surface area is 123 Å². The number of hydrogen-bond donors (Lipinski definition) is 3. The van der Waals surface area contributed by atoms with Crippen LogP contribution in [0.4, 0.5) is 10.1 Å². The molecule has 1 amide bonds. The van der Waals surface area contributed by atoms with Crippen molar-refractivity contribution in [2.45, 2.75) is 39.3 Å². The van der Waals surface area contributed by atoms with Gasteiger partial charge in [0.15, 0.2) is 0 Å². The molecule has 1 aromatic rings. The van der Waals surface area contributed by atoms with E-state index in [0.29, 0.717) is 12.1 Å². The van der Waals surface area contributed by atoms with Crippen molar-refractivity contribution >= 4 is 23.2 Å². The van der Waals surface area contributed by atoms with E-state index >= 15 is 0 Å². The third-order valence-corrected chi connectivity index (χ3v) is 3.77. The lowest BCUT2D eigenvalue weighted by atomic mass is 9.84. The van der Waals surface area contributed by atoms with Crippen LogP contribution in [0.3, 0.4) is 0 Å². The first-order valence-corrected chi connectivity index (χ1v) is 6.92. The number of rotatable bonds is 2. The second-order valence-corrected chi connectivity index (χ2v) is 6.52. The van der Waals surface area contributed by atoms with E-state index in [4.69, 9.17) is 11.6 Å². The number of nitrogens with one attached hydrogen (secondary N) is 3. The number of hydrogen-bond acceptors (Lipinski definition) is 3. The lowest BCUT2D eigenvalue weighted by Gasteiger charge is -2.25. The summed E-state index contributed by atoms with van der Waals surface area (Å²) in [4.78, 5) is 12.2. The summed E-state index contributed by atoms with van der Waals surface area (Å²) in [5.41, 5.74) is 6.60. The fourth-order valence-corrected chi connectivity index (χ4v) is 2.32. The molecule has 1 saturated heterocycles. The fourth-order valence-electron chi connectivity index (χ4n) is 2.11. The molecule has 1 fully saturated rings. The highest BCUT2D eigenvalue weighted by molar-refractivity contribution is 6.33. The largest absolute Gasteiger partial charge is 0.323 e. The Morgan fingerprint density at radius 1 is 1.40 bits per heavy atom. The Bertz CT molecular complexity index is 516. The lowest BCUT2D eigenvalue weighted by Crippen LogP contribution is -2.42. The summed E-state index contributed by atoms with van der Waals surface area (Å²) in [6.45, 7) is 6.34. The van der Waals surface area contributed by atoms with Crippen LogP contribution in [0.5, 0.6) is 0 Å². The van der Waals surface area contributed by atoms with E-state index in [9.17, 15) is 9.18 Å². The molecule has 2 rings (SSSR count). The van der Waals surface area contributed by atoms with Gasteiger partial charge in [-0.05, 0) is 30.0 Å². The normalized spacial score (nSPS) is 22.9. The van der Waals surface area contributed by atoms with Crippen molar-refractivity contribution < 1.29 is 9.18 Å². The molecule has 0 radical (unpaired) electrons. The summed E-state index contributed by atoms with van der Waals surface area (Å²) in [6.07, 6.45) is 0.689. The Kier molecular flexibility index (Phi) is 4.32. The topological polar surface area (TPSA) is 53.2 Å². The third kappa shape index (κ3) is 3.48. The van der Waals surface area contributed by atoms with Crippen LogP contribution >= 0.6 is 11.6 Å². The number of halogens is 2. The first kappa shape index (κ1) is 15.2. The monoisotopic (exact) mass is 299 g/mol. The van der Waals surface area contributed by atoms with Crippen LogP contribution in [0.25, 0.3) is 0 Å². The van der Waals surface area contributed by atoms with Crippen molar-refractivity contribution in [1.29, 1.82) is 0 Å². The maximum absolute atomic E-state index is 12.9. The Morgan fingerprint density at radius 2 is 2.10 bits per heavy atom. The molecule has 1 heterocycles. The van der Waals surface area contributed by atoms with Gasteiger partial charge in [-0.1, -0.05) is 32.4 Å². The summed E-state index contributed by atoms with van der Waals surface area (Å²) >= 11 is 5.89. The average molecular weight is 300 g/mol. The van der Waals surface area contributed by atoms with Gasteiger partial charge in [-0.15, -0.1) is 0 Å². The molecule has 0 saturated carbocycles. The van der Waals surface area contributed by atoms with E-state index in [0.717, 1.165) is 0 Å². The quantitative estimate of drug-likeness (QED) is 0.787. The zero-order valence-corrected chi connectivity index (χ0v) is 12.5. The smallest absolute Gasteiger partial charge is 0.242 e. The molecule has 0 spiro atoms. The molecule has 1 aliphatic heterocycles. The molecule has 3 N–H and O–H groups in total. The van der Waals surface area contributed by atoms with Crippen LogP contribution in [0.1, 0.15) is 27.2 Å². The molecule has 110 valence electrons. The predicted molar refractivity (Wildman–Crippen MR) is 78.0 cm³/mol. The highest BCUT2D eigenvalue weighted by Crippen LogP contribution is 2.27. The van der Waals surface area contributed by atoms with Gasteiger partial charge in [-0.3, -0.25) is 10.2 Å². The van der Waals surface area contributed by atoms with Crippen molar-refractivity contribution in [3.8, 4) is 0 Å². The van der Waals surface area contributed by atoms with Gasteiger partial charge in [0.25, 0.3) is 0 Å². The molecule has 4 nitrogen and oxygen atoms in total. The van der Waals surface area contributed by atoms with Crippen molar-refractivity contribution in [3.05, 3.63) is 29.0 Å². The van der Waals surface area contributed by atoms with Crippen LogP contribution in [0.2, 0.25) is 5.02 Å². The predicted octanol–water partition coefficient (Wildman–Crippen LogP) is 2.70. The van der Waals surface area contributed by atoms with Crippen molar-refractivity contribution in [2.75, 3.05) is 5.32 Å². The minimum Gasteiger partial charge on any atom is -0.323 e. The zero-order chi connectivity index (χ0) is 14.9. The summed E-state index contributed by atoms with van der Waals surface area (Å²) < 4.78 is 12.9. The van der Waals surface area contributed by atoms with Gasteiger partial charge in [0.1, 0.15) is 11.9 Å². The summed E-state index contributed by atoms with van der Waals surface area (Å²) in [6, 6.07) is 3.77. The summed E-state index contributed by atoms with van der Waals surface area (Å²) in [5.74, 6) is -0.612. The highest BCUT2D eigenvalue weighted by Gasteiger charge is 2.35. The first-order valence-electron chi connectivity index (χ1n) is 6.54. The van der Waals surface area contributed by atoms with Crippen LogP contribution in [-0.2, 0) is 4.79 Å². The van der Waals surface area contributed by atoms with Crippen LogP contribution in [-0.4, -0.2) is 18.0 Å². The van der Waals surface area contributed by atoms with E-state index in [1.54, 1.807) is 0 Å². The van der Waals surface area contributed by atoms with E-state index < -0.39 is 5.82 Å². The molecule has 2 unspecified atom stereocenters. The minimum atomic E-state index is -0.429. The molecular formula is C14H19ClFN3O. The molecule has 0 bridgehead atoms. The maximum atomic E-state index is 12.9. The molecule has 0 aliphatic carbocycles. The number of hydrazine groups is 1. The van der Waals surface area contributed by atoms with Crippen molar-refractivity contribution in [1.82, 2.24) is 10.9 Å². The number of benzene rings is 1. The van der Waals surface area contributed by atoms with Gasteiger partial charge in [-0.2, -0.15) is 0 Å². The van der Waals surface area contributed by atoms with Gasteiger partial charge in [0, 0.05) is 6.04 Å². The Hall–Kier alpha value is -1.17. The second-order valence-electron chi connectivity index (χ2n) is 6.11. The molecule has 0 aromatic heterocycles. The molecule has 1 aliphatic rings. The van der Waals surface area contributed by atoms with Gasteiger partial charge in [0.2, 0.25) is 5.91 Å². The van der Waals surface area contributed by atoms with Crippen molar-refractivity contribution in [3.63, 3.8) is 0 Å². The molecule has 2 atom stereocenters. The number of carbonyl (C=O) groups is 1. The van der Waals surface area contributed by atoms with E-state index in [1.165, 1.54) is 18.2 Å². The molecule has 6 heteroatoms. The van der Waals surface area contributed by atoms with Crippen LogP contribution in [0.15, 0.2) is 18.2 Å². The van der Waals surface area contributed by atoms with Crippen molar-refractivity contribution in [2.24, 2.45) is 5.41 Å². The highest BCUT2D eigenvalue weighted by atomic mass is 35.5. The maximum Gasteiger partial charge on any atom is 0.242 e. The Morgan fingerprint density at radius 3 is 2.65 bits per heavy atom. The zero-order valence-electron chi connectivity index (χ0n) is 11.8.